The predicted octanol–water partition coefficient (Wildman–Crippen LogP) is 3.22. The van der Waals surface area contributed by atoms with Gasteiger partial charge in [-0.25, -0.2) is 9.37 Å². The van der Waals surface area contributed by atoms with Gasteiger partial charge in [0, 0.05) is 22.8 Å². The van der Waals surface area contributed by atoms with Crippen LogP contribution in [0.25, 0.3) is 0 Å². The fourth-order valence-electron chi connectivity index (χ4n) is 2.38. The normalized spacial score (nSPS) is 12.3. The Labute approximate surface area is 129 Å². The van der Waals surface area contributed by atoms with Crippen LogP contribution in [0.1, 0.15) is 18.1 Å². The van der Waals surface area contributed by atoms with Gasteiger partial charge in [0.2, 0.25) is 0 Å². The van der Waals surface area contributed by atoms with Gasteiger partial charge in [-0.15, -0.1) is 0 Å². The molecule has 0 radical (unpaired) electrons. The number of anilines is 1. The van der Waals surface area contributed by atoms with Crippen molar-refractivity contribution in [1.29, 1.82) is 0 Å². The van der Waals surface area contributed by atoms with Crippen molar-refractivity contribution in [3.8, 4) is 0 Å². The molecule has 0 saturated heterocycles. The van der Waals surface area contributed by atoms with Crippen molar-refractivity contribution in [2.45, 2.75) is 25.8 Å². The quantitative estimate of drug-likeness (QED) is 0.861. The highest BCUT2D eigenvalue weighted by Crippen LogP contribution is 2.21. The van der Waals surface area contributed by atoms with E-state index in [9.17, 15) is 4.39 Å². The summed E-state index contributed by atoms with van der Waals surface area (Å²) in [5, 5.41) is 3.83. The van der Waals surface area contributed by atoms with Crippen LogP contribution in [0.15, 0.2) is 36.5 Å². The van der Waals surface area contributed by atoms with E-state index in [1.54, 1.807) is 18.3 Å². The number of pyridine rings is 1. The number of halogens is 2. The zero-order valence-electron chi connectivity index (χ0n) is 11.9. The average molecular weight is 308 g/mol. The second-order valence-corrected chi connectivity index (χ2v) is 5.36. The van der Waals surface area contributed by atoms with Gasteiger partial charge in [0.25, 0.3) is 0 Å². The lowest BCUT2D eigenvalue weighted by Crippen LogP contribution is -2.33. The van der Waals surface area contributed by atoms with E-state index in [0.717, 1.165) is 18.5 Å². The van der Waals surface area contributed by atoms with Gasteiger partial charge in [0.15, 0.2) is 0 Å². The molecule has 2 aromatic rings. The molecule has 112 valence electrons. The smallest absolute Gasteiger partial charge is 0.127 e. The minimum absolute atomic E-state index is 0.0891. The van der Waals surface area contributed by atoms with Crippen LogP contribution < -0.4 is 11.1 Å². The fraction of sp³-hybridized carbons (Fsp3) is 0.312. The van der Waals surface area contributed by atoms with E-state index < -0.39 is 0 Å². The summed E-state index contributed by atoms with van der Waals surface area (Å²) in [7, 11) is 0. The maximum Gasteiger partial charge on any atom is 0.127 e. The predicted molar refractivity (Wildman–Crippen MR) is 84.9 cm³/mol. The minimum Gasteiger partial charge on any atom is -0.384 e. The molecule has 1 unspecified atom stereocenters. The third-order valence-corrected chi connectivity index (χ3v) is 3.69. The second kappa shape index (κ2) is 7.38. The molecule has 0 aliphatic heterocycles. The lowest BCUT2D eigenvalue weighted by atomic mass is 9.99. The molecule has 0 spiro atoms. The van der Waals surface area contributed by atoms with E-state index >= 15 is 0 Å². The maximum atomic E-state index is 13.9. The van der Waals surface area contributed by atoms with Crippen LogP contribution in [0.4, 0.5) is 10.2 Å². The Morgan fingerprint density at radius 1 is 1.33 bits per heavy atom. The average Bonchev–Trinajstić information content (AvgIpc) is 2.43. The number of benzene rings is 1. The third kappa shape index (κ3) is 4.41. The Bertz CT molecular complexity index is 584. The standard InChI is InChI=1S/C16H19ClFN3/c1-2-20-12(8-11-6-7-21-16(19)9-11)10-13-14(17)4-3-5-15(13)18/h3-7,9,12,20H,2,8,10H2,1H3,(H2,19,21). The van der Waals surface area contributed by atoms with Gasteiger partial charge in [-0.3, -0.25) is 0 Å². The van der Waals surface area contributed by atoms with Crippen molar-refractivity contribution < 1.29 is 4.39 Å². The van der Waals surface area contributed by atoms with Crippen molar-refractivity contribution in [2.24, 2.45) is 0 Å². The van der Waals surface area contributed by atoms with Gasteiger partial charge < -0.3 is 11.1 Å². The fourth-order valence-corrected chi connectivity index (χ4v) is 2.62. The molecular formula is C16H19ClFN3. The highest BCUT2D eigenvalue weighted by molar-refractivity contribution is 6.31. The summed E-state index contributed by atoms with van der Waals surface area (Å²) >= 11 is 6.10. The molecular weight excluding hydrogens is 289 g/mol. The molecule has 3 N–H and O–H groups in total. The molecule has 0 saturated carbocycles. The van der Waals surface area contributed by atoms with Gasteiger partial charge in [-0.1, -0.05) is 24.6 Å². The first kappa shape index (κ1) is 15.7. The van der Waals surface area contributed by atoms with E-state index in [-0.39, 0.29) is 11.9 Å². The first-order valence-corrected chi connectivity index (χ1v) is 7.34. The zero-order valence-corrected chi connectivity index (χ0v) is 12.7. The van der Waals surface area contributed by atoms with Gasteiger partial charge in [-0.2, -0.15) is 0 Å². The molecule has 0 aliphatic carbocycles. The van der Waals surface area contributed by atoms with Crippen molar-refractivity contribution in [3.63, 3.8) is 0 Å². The highest BCUT2D eigenvalue weighted by Gasteiger charge is 2.15. The minimum atomic E-state index is -0.264. The molecule has 0 bridgehead atoms. The van der Waals surface area contributed by atoms with Crippen molar-refractivity contribution in [3.05, 3.63) is 58.5 Å². The molecule has 5 heteroatoms. The summed E-state index contributed by atoms with van der Waals surface area (Å²) in [4.78, 5) is 3.98. The van der Waals surface area contributed by atoms with Crippen LogP contribution in [0.2, 0.25) is 5.02 Å². The molecule has 0 aliphatic rings. The monoisotopic (exact) mass is 307 g/mol. The van der Waals surface area contributed by atoms with Crippen molar-refractivity contribution >= 4 is 17.4 Å². The number of rotatable bonds is 6. The summed E-state index contributed by atoms with van der Waals surface area (Å²) in [5.41, 5.74) is 7.32. The summed E-state index contributed by atoms with van der Waals surface area (Å²) in [6, 6.07) is 8.62. The third-order valence-electron chi connectivity index (χ3n) is 3.33. The lowest BCUT2D eigenvalue weighted by Gasteiger charge is -2.19. The molecule has 2 rings (SSSR count). The van der Waals surface area contributed by atoms with Crippen molar-refractivity contribution in [1.82, 2.24) is 10.3 Å². The van der Waals surface area contributed by atoms with Crippen molar-refractivity contribution in [2.75, 3.05) is 12.3 Å². The van der Waals surface area contributed by atoms with Crippen LogP contribution in [0.3, 0.4) is 0 Å². The molecule has 21 heavy (non-hydrogen) atoms. The van der Waals surface area contributed by atoms with Gasteiger partial charge in [0.05, 0.1) is 0 Å². The van der Waals surface area contributed by atoms with E-state index in [1.807, 2.05) is 19.1 Å². The van der Waals surface area contributed by atoms with Crippen LogP contribution in [0.5, 0.6) is 0 Å². The first-order chi connectivity index (χ1) is 10.1. The van der Waals surface area contributed by atoms with Crippen LogP contribution in [-0.2, 0) is 12.8 Å². The largest absolute Gasteiger partial charge is 0.384 e. The highest BCUT2D eigenvalue weighted by atomic mass is 35.5. The number of likely N-dealkylation sites (N-methyl/N-ethyl adjacent to an activating group) is 1. The molecule has 1 heterocycles. The van der Waals surface area contributed by atoms with E-state index in [4.69, 9.17) is 17.3 Å². The van der Waals surface area contributed by atoms with Gasteiger partial charge >= 0.3 is 0 Å². The lowest BCUT2D eigenvalue weighted by molar-refractivity contribution is 0.506. The van der Waals surface area contributed by atoms with Gasteiger partial charge in [0.1, 0.15) is 11.6 Å². The number of aromatic nitrogens is 1. The SMILES string of the molecule is CCNC(Cc1ccnc(N)c1)Cc1c(F)cccc1Cl. The Balaban J connectivity index is 2.16. The Morgan fingerprint density at radius 3 is 2.81 bits per heavy atom. The molecule has 1 aromatic carbocycles. The summed E-state index contributed by atoms with van der Waals surface area (Å²) in [6.07, 6.45) is 2.95. The number of nitrogens with two attached hydrogens (primary N) is 1. The molecule has 1 atom stereocenters. The second-order valence-electron chi connectivity index (χ2n) is 4.95. The van der Waals surface area contributed by atoms with Crippen LogP contribution >= 0.6 is 11.6 Å². The molecule has 0 fully saturated rings. The van der Waals surface area contributed by atoms with E-state index in [0.29, 0.717) is 22.8 Å². The number of hydrogen-bond donors (Lipinski definition) is 2. The first-order valence-electron chi connectivity index (χ1n) is 6.96. The molecule has 3 nitrogen and oxygen atoms in total. The molecule has 1 aromatic heterocycles. The number of nitrogens with zero attached hydrogens (tertiary/aromatic N) is 1. The van der Waals surface area contributed by atoms with Crippen LogP contribution in [-0.4, -0.2) is 17.6 Å². The molecule has 0 amide bonds. The number of nitrogens with one attached hydrogen (secondary N) is 1. The summed E-state index contributed by atoms with van der Waals surface area (Å²) in [5.74, 6) is 0.228. The van der Waals surface area contributed by atoms with E-state index in [2.05, 4.69) is 10.3 Å². The number of hydrogen-bond acceptors (Lipinski definition) is 3. The topological polar surface area (TPSA) is 50.9 Å². The Kier molecular flexibility index (Phi) is 5.53. The maximum absolute atomic E-state index is 13.9. The number of nitrogen functional groups attached to an aromatic ring is 1. The van der Waals surface area contributed by atoms with Gasteiger partial charge in [-0.05, 0) is 49.2 Å². The Morgan fingerprint density at radius 2 is 2.14 bits per heavy atom. The summed E-state index contributed by atoms with van der Waals surface area (Å²) < 4.78 is 13.9. The Hall–Kier alpha value is -1.65. The van der Waals surface area contributed by atoms with E-state index in [1.165, 1.54) is 6.07 Å². The van der Waals surface area contributed by atoms with Crippen LogP contribution in [0, 0.1) is 5.82 Å². The summed E-state index contributed by atoms with van der Waals surface area (Å²) in [6.45, 7) is 2.83. The zero-order chi connectivity index (χ0) is 15.2.